The van der Waals surface area contributed by atoms with Crippen molar-refractivity contribution in [3.8, 4) is 44.7 Å². The topological polar surface area (TPSA) is 64.7 Å². The van der Waals surface area contributed by atoms with Gasteiger partial charge in [-0.3, -0.25) is 0 Å². The van der Waals surface area contributed by atoms with E-state index in [4.69, 9.17) is 24.4 Å². The lowest BCUT2D eigenvalue weighted by Gasteiger charge is -2.13. The third kappa shape index (κ3) is 4.55. The quantitative estimate of drug-likeness (QED) is 0.173. The fraction of sp³-hybridized carbons (Fsp3) is 0. The molecule has 6 heteroatoms. The van der Waals surface area contributed by atoms with Crippen LogP contribution in [0.5, 0.6) is 0 Å². The van der Waals surface area contributed by atoms with Crippen molar-refractivity contribution >= 4 is 75.8 Å². The Kier molecular flexibility index (Phi) is 6.35. The first-order valence-corrected chi connectivity index (χ1v) is 18.0. The van der Waals surface area contributed by atoms with Gasteiger partial charge in [-0.15, -0.1) is 11.3 Å². The van der Waals surface area contributed by atoms with E-state index in [9.17, 15) is 0 Å². The summed E-state index contributed by atoms with van der Waals surface area (Å²) in [6, 6.07) is 54.6. The standard InChI is InChI=1S/C46H26N4OS/c1-2-13-28(14-3-1)46-47-41-39(52-46)26-36-35-20-10-11-21-38(35)51-42(36)40(41)45-49-43(31-23-22-27-12-4-5-15-29(27)24-31)48-44(50-45)37-25-30-16-6-7-17-32(30)33-18-8-9-19-34(33)37/h1-26H. The van der Waals surface area contributed by atoms with Crippen molar-refractivity contribution in [2.75, 3.05) is 0 Å². The predicted molar refractivity (Wildman–Crippen MR) is 215 cm³/mol. The van der Waals surface area contributed by atoms with Crippen molar-refractivity contribution in [2.45, 2.75) is 0 Å². The van der Waals surface area contributed by atoms with Crippen LogP contribution in [0.1, 0.15) is 0 Å². The molecule has 0 fully saturated rings. The molecule has 0 atom stereocenters. The fourth-order valence-electron chi connectivity index (χ4n) is 7.46. The lowest BCUT2D eigenvalue weighted by atomic mass is 9.96. The van der Waals surface area contributed by atoms with Crippen LogP contribution in [0.3, 0.4) is 0 Å². The van der Waals surface area contributed by atoms with Crippen LogP contribution in [0.15, 0.2) is 162 Å². The largest absolute Gasteiger partial charge is 0.455 e. The van der Waals surface area contributed by atoms with Crippen LogP contribution in [0, 0.1) is 0 Å². The molecule has 0 bridgehead atoms. The first-order chi connectivity index (χ1) is 25.7. The molecule has 52 heavy (non-hydrogen) atoms. The van der Waals surface area contributed by atoms with Crippen molar-refractivity contribution < 1.29 is 4.42 Å². The van der Waals surface area contributed by atoms with Crippen LogP contribution in [0.4, 0.5) is 0 Å². The summed E-state index contributed by atoms with van der Waals surface area (Å²) < 4.78 is 7.74. The van der Waals surface area contributed by atoms with E-state index in [1.54, 1.807) is 11.3 Å². The van der Waals surface area contributed by atoms with E-state index in [2.05, 4.69) is 121 Å². The van der Waals surface area contributed by atoms with Gasteiger partial charge < -0.3 is 4.42 Å². The average Bonchev–Trinajstić information content (AvgIpc) is 3.81. The van der Waals surface area contributed by atoms with Gasteiger partial charge in [0.05, 0.1) is 15.8 Å². The second-order valence-corrected chi connectivity index (χ2v) is 14.0. The highest BCUT2D eigenvalue weighted by atomic mass is 32.1. The van der Waals surface area contributed by atoms with E-state index >= 15 is 0 Å². The van der Waals surface area contributed by atoms with E-state index in [0.717, 1.165) is 80.8 Å². The molecule has 0 N–H and O–H groups in total. The zero-order valence-corrected chi connectivity index (χ0v) is 28.4. The molecule has 0 saturated carbocycles. The number of nitrogens with zero attached hydrogens (tertiary/aromatic N) is 4. The number of para-hydroxylation sites is 1. The third-order valence-electron chi connectivity index (χ3n) is 9.92. The van der Waals surface area contributed by atoms with Gasteiger partial charge in [-0.1, -0.05) is 133 Å². The molecular formula is C46H26N4OS. The number of rotatable bonds is 4. The monoisotopic (exact) mass is 682 g/mol. The Balaban J connectivity index is 1.26. The normalized spacial score (nSPS) is 11.8. The summed E-state index contributed by atoms with van der Waals surface area (Å²) in [6.07, 6.45) is 0. The summed E-state index contributed by atoms with van der Waals surface area (Å²) in [5.74, 6) is 1.70. The highest BCUT2D eigenvalue weighted by Gasteiger charge is 2.24. The summed E-state index contributed by atoms with van der Waals surface area (Å²) >= 11 is 1.67. The average molecular weight is 683 g/mol. The van der Waals surface area contributed by atoms with Crippen molar-refractivity contribution in [1.29, 1.82) is 0 Å². The SMILES string of the molecule is c1ccc(-c2nc3c(-c4nc(-c5ccc6ccccc6c5)nc(-c5cc6ccccc6c6ccccc56)n4)c4oc5ccccc5c4cc3s2)cc1. The lowest BCUT2D eigenvalue weighted by molar-refractivity contribution is 0.670. The zero-order chi connectivity index (χ0) is 34.2. The Morgan fingerprint density at radius 2 is 1.10 bits per heavy atom. The summed E-state index contributed by atoms with van der Waals surface area (Å²) in [6.45, 7) is 0. The minimum Gasteiger partial charge on any atom is -0.455 e. The van der Waals surface area contributed by atoms with E-state index in [0.29, 0.717) is 23.1 Å². The molecule has 0 aliphatic rings. The smallest absolute Gasteiger partial charge is 0.170 e. The molecule has 11 rings (SSSR count). The molecule has 0 aliphatic heterocycles. The van der Waals surface area contributed by atoms with Gasteiger partial charge in [0.1, 0.15) is 16.2 Å². The summed E-state index contributed by atoms with van der Waals surface area (Å²) in [7, 11) is 0. The minimum absolute atomic E-state index is 0.518. The first-order valence-electron chi connectivity index (χ1n) is 17.2. The van der Waals surface area contributed by atoms with Crippen LogP contribution in [-0.4, -0.2) is 19.9 Å². The first kappa shape index (κ1) is 29.0. The number of fused-ring (bicyclic) bond motifs is 8. The molecule has 3 aromatic heterocycles. The van der Waals surface area contributed by atoms with Crippen molar-refractivity contribution in [3.63, 3.8) is 0 Å². The molecule has 5 nitrogen and oxygen atoms in total. The van der Waals surface area contributed by atoms with Crippen molar-refractivity contribution in [3.05, 3.63) is 158 Å². The van der Waals surface area contributed by atoms with Gasteiger partial charge in [-0.2, -0.15) is 0 Å². The van der Waals surface area contributed by atoms with Crippen molar-refractivity contribution in [2.24, 2.45) is 0 Å². The lowest BCUT2D eigenvalue weighted by Crippen LogP contribution is -2.01. The highest BCUT2D eigenvalue weighted by molar-refractivity contribution is 7.21. The Bertz CT molecular complexity index is 3200. The maximum Gasteiger partial charge on any atom is 0.170 e. The summed E-state index contributed by atoms with van der Waals surface area (Å²) in [5.41, 5.74) is 6.00. The third-order valence-corrected chi connectivity index (χ3v) is 11.0. The van der Waals surface area contributed by atoms with E-state index in [1.807, 2.05) is 36.4 Å². The van der Waals surface area contributed by atoms with Gasteiger partial charge in [0.2, 0.25) is 0 Å². The Morgan fingerprint density at radius 1 is 0.423 bits per heavy atom. The molecule has 0 unspecified atom stereocenters. The number of hydrogen-bond acceptors (Lipinski definition) is 6. The number of benzene rings is 8. The molecule has 0 saturated heterocycles. The van der Waals surface area contributed by atoms with Crippen LogP contribution >= 0.6 is 11.3 Å². The summed E-state index contributed by atoms with van der Waals surface area (Å²) in [5, 5.41) is 9.80. The number of hydrogen-bond donors (Lipinski definition) is 0. The number of thiazole rings is 1. The molecule has 0 amide bonds. The van der Waals surface area contributed by atoms with Crippen LogP contribution < -0.4 is 0 Å². The number of furan rings is 1. The van der Waals surface area contributed by atoms with Crippen molar-refractivity contribution in [1.82, 2.24) is 19.9 Å². The number of aromatic nitrogens is 4. The van der Waals surface area contributed by atoms with Gasteiger partial charge >= 0.3 is 0 Å². The zero-order valence-electron chi connectivity index (χ0n) is 27.6. The second kappa shape index (κ2) is 11.4. The van der Waals surface area contributed by atoms with Gasteiger partial charge in [-0.25, -0.2) is 19.9 Å². The van der Waals surface area contributed by atoms with Crippen LogP contribution in [0.25, 0.3) is 109 Å². The Morgan fingerprint density at radius 3 is 1.96 bits per heavy atom. The molecule has 242 valence electrons. The second-order valence-electron chi connectivity index (χ2n) is 13.0. The van der Waals surface area contributed by atoms with Crippen LogP contribution in [0.2, 0.25) is 0 Å². The van der Waals surface area contributed by atoms with E-state index in [-0.39, 0.29) is 0 Å². The molecule has 0 spiro atoms. The molecule has 11 aromatic rings. The van der Waals surface area contributed by atoms with Crippen LogP contribution in [-0.2, 0) is 0 Å². The Labute approximate surface area is 301 Å². The minimum atomic E-state index is 0.518. The van der Waals surface area contributed by atoms with Gasteiger partial charge in [-0.05, 0) is 56.6 Å². The van der Waals surface area contributed by atoms with Gasteiger partial charge in [0, 0.05) is 27.5 Å². The predicted octanol–water partition coefficient (Wildman–Crippen LogP) is 12.5. The molecule has 3 heterocycles. The van der Waals surface area contributed by atoms with Gasteiger partial charge in [0.15, 0.2) is 17.5 Å². The highest BCUT2D eigenvalue weighted by Crippen LogP contribution is 2.44. The molecular weight excluding hydrogens is 657 g/mol. The van der Waals surface area contributed by atoms with Gasteiger partial charge in [0.25, 0.3) is 0 Å². The molecule has 0 radical (unpaired) electrons. The van der Waals surface area contributed by atoms with E-state index < -0.39 is 0 Å². The summed E-state index contributed by atoms with van der Waals surface area (Å²) in [4.78, 5) is 21.2. The molecule has 0 aliphatic carbocycles. The molecule has 8 aromatic carbocycles. The maximum atomic E-state index is 6.70. The Hall–Kier alpha value is -6.76. The maximum absolute atomic E-state index is 6.70. The van der Waals surface area contributed by atoms with E-state index in [1.165, 1.54) is 5.39 Å². The fourth-order valence-corrected chi connectivity index (χ4v) is 8.48.